The Morgan fingerprint density at radius 2 is 2.31 bits per heavy atom. The summed E-state index contributed by atoms with van der Waals surface area (Å²) in [6.45, 7) is 1.97. The zero-order valence-electron chi connectivity index (χ0n) is 10.3. The highest BCUT2D eigenvalue weighted by Crippen LogP contribution is 2.35. The van der Waals surface area contributed by atoms with Gasteiger partial charge in [-0.05, 0) is 37.7 Å². The SMILES string of the molecule is Cn1cc(CCC(C)(O)CC2CCC2)cn1. The fourth-order valence-corrected chi connectivity index (χ4v) is 2.44. The Morgan fingerprint density at radius 3 is 2.81 bits per heavy atom. The van der Waals surface area contributed by atoms with Crippen molar-refractivity contribution in [1.82, 2.24) is 9.78 Å². The average Bonchev–Trinajstić information content (AvgIpc) is 2.56. The first-order valence-corrected chi connectivity index (χ1v) is 6.25. The van der Waals surface area contributed by atoms with Gasteiger partial charge in [-0.15, -0.1) is 0 Å². The van der Waals surface area contributed by atoms with Gasteiger partial charge in [-0.1, -0.05) is 19.3 Å². The lowest BCUT2D eigenvalue weighted by Crippen LogP contribution is -2.30. The van der Waals surface area contributed by atoms with Crippen LogP contribution in [0, 0.1) is 5.92 Å². The van der Waals surface area contributed by atoms with E-state index in [9.17, 15) is 5.11 Å². The molecule has 0 aromatic carbocycles. The van der Waals surface area contributed by atoms with Crippen molar-refractivity contribution in [3.63, 3.8) is 0 Å². The molecule has 1 saturated carbocycles. The molecule has 16 heavy (non-hydrogen) atoms. The second-order valence-electron chi connectivity index (χ2n) is 5.52. The lowest BCUT2D eigenvalue weighted by Gasteiger charge is -2.33. The lowest BCUT2D eigenvalue weighted by atomic mass is 9.76. The average molecular weight is 222 g/mol. The van der Waals surface area contributed by atoms with Crippen LogP contribution in [-0.4, -0.2) is 20.5 Å². The third kappa shape index (κ3) is 3.08. The molecule has 3 heteroatoms. The van der Waals surface area contributed by atoms with E-state index >= 15 is 0 Å². The molecule has 0 aliphatic heterocycles. The summed E-state index contributed by atoms with van der Waals surface area (Å²) in [4.78, 5) is 0. The van der Waals surface area contributed by atoms with E-state index in [2.05, 4.69) is 5.10 Å². The van der Waals surface area contributed by atoms with E-state index in [1.54, 1.807) is 0 Å². The van der Waals surface area contributed by atoms with Gasteiger partial charge in [0.1, 0.15) is 0 Å². The van der Waals surface area contributed by atoms with Gasteiger partial charge in [-0.3, -0.25) is 4.68 Å². The van der Waals surface area contributed by atoms with Crippen LogP contribution in [0.5, 0.6) is 0 Å². The minimum atomic E-state index is -0.499. The van der Waals surface area contributed by atoms with Gasteiger partial charge in [0, 0.05) is 13.2 Å². The maximum absolute atomic E-state index is 10.3. The van der Waals surface area contributed by atoms with Gasteiger partial charge >= 0.3 is 0 Å². The van der Waals surface area contributed by atoms with Gasteiger partial charge in [-0.25, -0.2) is 0 Å². The Morgan fingerprint density at radius 1 is 1.56 bits per heavy atom. The summed E-state index contributed by atoms with van der Waals surface area (Å²) < 4.78 is 1.82. The molecule has 0 radical (unpaired) electrons. The highest BCUT2D eigenvalue weighted by Gasteiger charge is 2.28. The largest absolute Gasteiger partial charge is 0.390 e. The predicted molar refractivity (Wildman–Crippen MR) is 64.1 cm³/mol. The van der Waals surface area contributed by atoms with Crippen LogP contribution >= 0.6 is 0 Å². The van der Waals surface area contributed by atoms with Crippen LogP contribution in [0.2, 0.25) is 0 Å². The minimum Gasteiger partial charge on any atom is -0.390 e. The molecule has 3 nitrogen and oxygen atoms in total. The molecule has 1 N–H and O–H groups in total. The second kappa shape index (κ2) is 4.58. The molecule has 1 aliphatic rings. The van der Waals surface area contributed by atoms with Gasteiger partial charge in [0.05, 0.1) is 11.8 Å². The number of hydrogen-bond acceptors (Lipinski definition) is 2. The molecule has 0 spiro atoms. The molecule has 1 aliphatic carbocycles. The van der Waals surface area contributed by atoms with Gasteiger partial charge in [0.15, 0.2) is 0 Å². The fourth-order valence-electron chi connectivity index (χ4n) is 2.44. The van der Waals surface area contributed by atoms with Crippen molar-refractivity contribution < 1.29 is 5.11 Å². The summed E-state index contributed by atoms with van der Waals surface area (Å²) in [6, 6.07) is 0. The summed E-state index contributed by atoms with van der Waals surface area (Å²) in [7, 11) is 1.93. The Bertz CT molecular complexity index is 339. The highest BCUT2D eigenvalue weighted by atomic mass is 16.3. The standard InChI is InChI=1S/C13H22N2O/c1-13(16,8-11-4-3-5-11)7-6-12-9-14-15(2)10-12/h9-11,16H,3-8H2,1-2H3. The van der Waals surface area contributed by atoms with Crippen LogP contribution in [0.15, 0.2) is 12.4 Å². The maximum atomic E-state index is 10.3. The molecule has 0 bridgehead atoms. The summed E-state index contributed by atoms with van der Waals surface area (Å²) in [5.74, 6) is 0.767. The molecule has 0 amide bonds. The third-order valence-corrected chi connectivity index (χ3v) is 3.66. The van der Waals surface area contributed by atoms with E-state index in [0.717, 1.165) is 25.2 Å². The van der Waals surface area contributed by atoms with Crippen LogP contribution < -0.4 is 0 Å². The maximum Gasteiger partial charge on any atom is 0.0625 e. The number of aliphatic hydroxyl groups is 1. The molecule has 1 aromatic heterocycles. The number of hydrogen-bond donors (Lipinski definition) is 1. The van der Waals surface area contributed by atoms with Crippen molar-refractivity contribution in [2.75, 3.05) is 0 Å². The number of nitrogens with zero attached hydrogens (tertiary/aromatic N) is 2. The minimum absolute atomic E-state index is 0.499. The normalized spacial score (nSPS) is 20.4. The second-order valence-corrected chi connectivity index (χ2v) is 5.52. The molecule has 1 fully saturated rings. The van der Waals surface area contributed by atoms with Crippen LogP contribution in [-0.2, 0) is 13.5 Å². The predicted octanol–water partition coefficient (Wildman–Crippen LogP) is 2.29. The summed E-state index contributed by atoms with van der Waals surface area (Å²) in [5, 5.41) is 14.4. The van der Waals surface area contributed by atoms with Crippen LogP contribution in [0.1, 0.15) is 44.6 Å². The van der Waals surface area contributed by atoms with E-state index in [-0.39, 0.29) is 0 Å². The first-order chi connectivity index (χ1) is 7.55. The zero-order valence-corrected chi connectivity index (χ0v) is 10.3. The Balaban J connectivity index is 1.78. The molecular weight excluding hydrogens is 200 g/mol. The molecule has 0 saturated heterocycles. The monoisotopic (exact) mass is 222 g/mol. The van der Waals surface area contributed by atoms with Crippen LogP contribution in [0.4, 0.5) is 0 Å². The zero-order chi connectivity index (χ0) is 11.6. The first kappa shape index (κ1) is 11.6. The van der Waals surface area contributed by atoms with E-state index in [1.807, 2.05) is 31.0 Å². The Hall–Kier alpha value is -0.830. The van der Waals surface area contributed by atoms with Gasteiger partial charge < -0.3 is 5.11 Å². The molecule has 1 aromatic rings. The van der Waals surface area contributed by atoms with E-state index in [4.69, 9.17) is 0 Å². The highest BCUT2D eigenvalue weighted by molar-refractivity contribution is 5.04. The van der Waals surface area contributed by atoms with Gasteiger partial charge in [-0.2, -0.15) is 5.10 Å². The Kier molecular flexibility index (Phi) is 3.33. The third-order valence-electron chi connectivity index (χ3n) is 3.66. The van der Waals surface area contributed by atoms with Crippen molar-refractivity contribution in [1.29, 1.82) is 0 Å². The van der Waals surface area contributed by atoms with E-state index in [1.165, 1.54) is 24.8 Å². The molecule has 2 rings (SSSR count). The number of aromatic nitrogens is 2. The van der Waals surface area contributed by atoms with E-state index in [0.29, 0.717) is 0 Å². The molecule has 90 valence electrons. The van der Waals surface area contributed by atoms with Gasteiger partial charge in [0.25, 0.3) is 0 Å². The summed E-state index contributed by atoms with van der Waals surface area (Å²) in [6.07, 6.45) is 10.6. The summed E-state index contributed by atoms with van der Waals surface area (Å²) >= 11 is 0. The smallest absolute Gasteiger partial charge is 0.0625 e. The van der Waals surface area contributed by atoms with Crippen molar-refractivity contribution in [3.8, 4) is 0 Å². The molecular formula is C13H22N2O. The van der Waals surface area contributed by atoms with Gasteiger partial charge in [0.2, 0.25) is 0 Å². The topological polar surface area (TPSA) is 38.0 Å². The molecule has 1 atom stereocenters. The first-order valence-electron chi connectivity index (χ1n) is 6.25. The number of rotatable bonds is 5. The lowest BCUT2D eigenvalue weighted by molar-refractivity contribution is 0.0128. The molecule has 1 heterocycles. The van der Waals surface area contributed by atoms with Crippen LogP contribution in [0.25, 0.3) is 0 Å². The van der Waals surface area contributed by atoms with Crippen molar-refractivity contribution in [3.05, 3.63) is 18.0 Å². The quantitative estimate of drug-likeness (QED) is 0.830. The van der Waals surface area contributed by atoms with Crippen molar-refractivity contribution in [2.45, 2.75) is 51.0 Å². The van der Waals surface area contributed by atoms with Crippen molar-refractivity contribution >= 4 is 0 Å². The number of aryl methyl sites for hydroxylation is 2. The van der Waals surface area contributed by atoms with Crippen LogP contribution in [0.3, 0.4) is 0 Å². The summed E-state index contributed by atoms with van der Waals surface area (Å²) in [5.41, 5.74) is 0.720. The fraction of sp³-hybridized carbons (Fsp3) is 0.769. The molecule has 1 unspecified atom stereocenters. The van der Waals surface area contributed by atoms with Crippen molar-refractivity contribution in [2.24, 2.45) is 13.0 Å². The van der Waals surface area contributed by atoms with E-state index < -0.39 is 5.60 Å². The Labute approximate surface area is 97.5 Å².